The van der Waals surface area contributed by atoms with E-state index in [1.807, 2.05) is 0 Å². The Morgan fingerprint density at radius 1 is 1.33 bits per heavy atom. The van der Waals surface area contributed by atoms with E-state index in [4.69, 9.17) is 4.74 Å². The van der Waals surface area contributed by atoms with Crippen LogP contribution in [0.25, 0.3) is 0 Å². The molecule has 0 spiro atoms. The smallest absolute Gasteiger partial charge is 0.309 e. The van der Waals surface area contributed by atoms with Gasteiger partial charge in [0.15, 0.2) is 0 Å². The van der Waals surface area contributed by atoms with Crippen LogP contribution < -0.4 is 0 Å². The van der Waals surface area contributed by atoms with Gasteiger partial charge in [-0.2, -0.15) is 0 Å². The van der Waals surface area contributed by atoms with E-state index in [-0.39, 0.29) is 17.4 Å². The molecule has 102 valence electrons. The minimum atomic E-state index is -0.655. The van der Waals surface area contributed by atoms with E-state index in [1.54, 1.807) is 0 Å². The number of carboxylic acids is 1. The average molecular weight is 252 g/mol. The Hall–Kier alpha value is -0.570. The van der Waals surface area contributed by atoms with E-state index in [0.29, 0.717) is 23.9 Å². The first-order chi connectivity index (χ1) is 8.45. The molecule has 3 heteroatoms. The Kier molecular flexibility index (Phi) is 2.74. The summed E-state index contributed by atoms with van der Waals surface area (Å²) in [6.07, 6.45) is 4.50. The number of carbonyl (C=O) groups is 1. The van der Waals surface area contributed by atoms with Gasteiger partial charge in [0.2, 0.25) is 0 Å². The molecular weight excluding hydrogens is 228 g/mol. The molecule has 0 aromatic carbocycles. The quantitative estimate of drug-likeness (QED) is 0.822. The highest BCUT2D eigenvalue weighted by atomic mass is 16.5. The second-order valence-corrected chi connectivity index (χ2v) is 7.09. The lowest BCUT2D eigenvalue weighted by atomic mass is 9.70. The van der Waals surface area contributed by atoms with Crippen LogP contribution in [0.5, 0.6) is 0 Å². The van der Waals surface area contributed by atoms with Crippen LogP contribution >= 0.6 is 0 Å². The van der Waals surface area contributed by atoms with Crippen molar-refractivity contribution in [1.82, 2.24) is 0 Å². The molecule has 2 saturated heterocycles. The molecule has 3 fully saturated rings. The Morgan fingerprint density at radius 2 is 2.06 bits per heavy atom. The SMILES string of the molecule is CC(C)[C@H]1CC[C@@]2(C)[C@@H]1[C@H]1O[C@@H]2CC[C@@H]1C(=O)O. The van der Waals surface area contributed by atoms with Crippen molar-refractivity contribution >= 4 is 5.97 Å². The third-order valence-electron chi connectivity index (χ3n) is 5.96. The second kappa shape index (κ2) is 3.96. The molecule has 2 heterocycles. The van der Waals surface area contributed by atoms with Gasteiger partial charge in [-0.25, -0.2) is 0 Å². The van der Waals surface area contributed by atoms with Gasteiger partial charge in [-0.05, 0) is 48.9 Å². The summed E-state index contributed by atoms with van der Waals surface area (Å²) >= 11 is 0. The molecule has 18 heavy (non-hydrogen) atoms. The molecule has 1 saturated carbocycles. The van der Waals surface area contributed by atoms with Crippen molar-refractivity contribution in [3.63, 3.8) is 0 Å². The summed E-state index contributed by atoms with van der Waals surface area (Å²) in [4.78, 5) is 11.4. The zero-order chi connectivity index (χ0) is 13.1. The lowest BCUT2D eigenvalue weighted by Crippen LogP contribution is -2.38. The van der Waals surface area contributed by atoms with Crippen LogP contribution in [0.2, 0.25) is 0 Å². The number of aliphatic carboxylic acids is 1. The number of carboxylic acid groups (broad SMARTS) is 1. The third kappa shape index (κ3) is 1.49. The first-order valence-electron chi connectivity index (χ1n) is 7.33. The molecule has 3 aliphatic rings. The van der Waals surface area contributed by atoms with Crippen molar-refractivity contribution in [3.05, 3.63) is 0 Å². The van der Waals surface area contributed by atoms with Crippen LogP contribution in [0.3, 0.4) is 0 Å². The van der Waals surface area contributed by atoms with Crippen molar-refractivity contribution in [1.29, 1.82) is 0 Å². The molecule has 0 aromatic rings. The van der Waals surface area contributed by atoms with Crippen molar-refractivity contribution in [2.24, 2.45) is 29.1 Å². The van der Waals surface area contributed by atoms with E-state index in [1.165, 1.54) is 12.8 Å². The minimum Gasteiger partial charge on any atom is -0.481 e. The predicted octanol–water partition coefficient (Wildman–Crippen LogP) is 2.94. The molecule has 3 nitrogen and oxygen atoms in total. The van der Waals surface area contributed by atoms with Gasteiger partial charge >= 0.3 is 5.97 Å². The molecule has 0 unspecified atom stereocenters. The maximum Gasteiger partial charge on any atom is 0.309 e. The normalized spacial score (nSPS) is 50.6. The topological polar surface area (TPSA) is 46.5 Å². The summed E-state index contributed by atoms with van der Waals surface area (Å²) in [6.45, 7) is 6.89. The molecule has 1 aliphatic carbocycles. The lowest BCUT2D eigenvalue weighted by molar-refractivity contribution is -0.154. The Morgan fingerprint density at radius 3 is 2.67 bits per heavy atom. The second-order valence-electron chi connectivity index (χ2n) is 7.09. The van der Waals surface area contributed by atoms with E-state index >= 15 is 0 Å². The first kappa shape index (κ1) is 12.5. The first-order valence-corrected chi connectivity index (χ1v) is 7.33. The standard InChI is InChI=1S/C15H24O3/c1-8(2)9-6-7-15(3)11-5-4-10(14(16)17)13(18-11)12(9)15/h8-13H,4-7H2,1-3H3,(H,16,17)/t9-,10+,11-,12+,13+,15-/m1/s1. The third-order valence-corrected chi connectivity index (χ3v) is 5.96. The van der Waals surface area contributed by atoms with Crippen LogP contribution in [0.15, 0.2) is 0 Å². The van der Waals surface area contributed by atoms with E-state index in [2.05, 4.69) is 20.8 Å². The highest BCUT2D eigenvalue weighted by molar-refractivity contribution is 5.71. The summed E-state index contributed by atoms with van der Waals surface area (Å²) in [6, 6.07) is 0. The van der Waals surface area contributed by atoms with Gasteiger partial charge in [-0.1, -0.05) is 20.8 Å². The highest BCUT2D eigenvalue weighted by Crippen LogP contribution is 2.62. The van der Waals surface area contributed by atoms with Gasteiger partial charge in [0, 0.05) is 0 Å². The van der Waals surface area contributed by atoms with Crippen molar-refractivity contribution in [3.8, 4) is 0 Å². The molecule has 0 radical (unpaired) electrons. The number of hydrogen-bond donors (Lipinski definition) is 1. The maximum atomic E-state index is 11.4. The number of rotatable bonds is 2. The van der Waals surface area contributed by atoms with Crippen LogP contribution in [-0.4, -0.2) is 23.3 Å². The minimum absolute atomic E-state index is 0.0267. The maximum absolute atomic E-state index is 11.4. The number of fused-ring (bicyclic) bond motifs is 5. The van der Waals surface area contributed by atoms with Crippen LogP contribution in [0.4, 0.5) is 0 Å². The molecule has 0 aromatic heterocycles. The molecule has 3 rings (SSSR count). The molecule has 0 amide bonds. The van der Waals surface area contributed by atoms with Gasteiger partial charge in [0.1, 0.15) is 0 Å². The van der Waals surface area contributed by atoms with Crippen molar-refractivity contribution < 1.29 is 14.6 Å². The fraction of sp³-hybridized carbons (Fsp3) is 0.933. The number of hydrogen-bond acceptors (Lipinski definition) is 2. The zero-order valence-electron chi connectivity index (χ0n) is 11.6. The van der Waals surface area contributed by atoms with E-state index < -0.39 is 5.97 Å². The highest BCUT2D eigenvalue weighted by Gasteiger charge is 2.63. The molecule has 6 atom stereocenters. The summed E-state index contributed by atoms with van der Waals surface area (Å²) in [5, 5.41) is 9.41. The monoisotopic (exact) mass is 252 g/mol. The largest absolute Gasteiger partial charge is 0.481 e. The van der Waals surface area contributed by atoms with Crippen molar-refractivity contribution in [2.45, 2.75) is 58.7 Å². The number of ether oxygens (including phenoxy) is 1. The summed E-state index contributed by atoms with van der Waals surface area (Å²) in [7, 11) is 0. The summed E-state index contributed by atoms with van der Waals surface area (Å²) in [5.41, 5.74) is 0.240. The Bertz CT molecular complexity index is 365. The molecule has 2 aliphatic heterocycles. The Balaban J connectivity index is 1.95. The zero-order valence-corrected chi connectivity index (χ0v) is 11.6. The van der Waals surface area contributed by atoms with Gasteiger partial charge < -0.3 is 9.84 Å². The van der Waals surface area contributed by atoms with Crippen LogP contribution in [-0.2, 0) is 9.53 Å². The average Bonchev–Trinajstić information content (AvgIpc) is 2.75. The van der Waals surface area contributed by atoms with Crippen LogP contribution in [0.1, 0.15) is 46.5 Å². The summed E-state index contributed by atoms with van der Waals surface area (Å²) < 4.78 is 6.14. The Labute approximate surface area is 109 Å². The van der Waals surface area contributed by atoms with Gasteiger partial charge in [-0.15, -0.1) is 0 Å². The van der Waals surface area contributed by atoms with Gasteiger partial charge in [0.25, 0.3) is 0 Å². The van der Waals surface area contributed by atoms with E-state index in [9.17, 15) is 9.90 Å². The van der Waals surface area contributed by atoms with Gasteiger partial charge in [0.05, 0.1) is 18.1 Å². The predicted molar refractivity (Wildman–Crippen MR) is 68.2 cm³/mol. The fourth-order valence-electron chi connectivity index (χ4n) is 4.99. The lowest BCUT2D eigenvalue weighted by Gasteiger charge is -2.32. The van der Waals surface area contributed by atoms with Gasteiger partial charge in [-0.3, -0.25) is 4.79 Å². The molecular formula is C15H24O3. The van der Waals surface area contributed by atoms with Crippen LogP contribution in [0, 0.1) is 29.1 Å². The van der Waals surface area contributed by atoms with E-state index in [0.717, 1.165) is 12.8 Å². The fourth-order valence-corrected chi connectivity index (χ4v) is 4.99. The molecule has 1 N–H and O–H groups in total. The molecule has 2 bridgehead atoms. The summed E-state index contributed by atoms with van der Waals surface area (Å²) in [5.74, 6) is 0.815. The van der Waals surface area contributed by atoms with Crippen molar-refractivity contribution in [2.75, 3.05) is 0 Å².